The molecule has 252 valence electrons. The Balaban J connectivity index is 3.03. The third-order valence-corrected chi connectivity index (χ3v) is 7.29. The molecule has 1 aromatic rings. The number of halogens is 3. The summed E-state index contributed by atoms with van der Waals surface area (Å²) in [6.07, 6.45) is -5.02. The molecule has 0 unspecified atom stereocenters. The van der Waals surface area contributed by atoms with Crippen molar-refractivity contribution in [3.8, 4) is 5.75 Å². The highest BCUT2D eigenvalue weighted by Crippen LogP contribution is 2.27. The van der Waals surface area contributed by atoms with Gasteiger partial charge >= 0.3 is 12.1 Å². The zero-order valence-corrected chi connectivity index (χ0v) is 26.7. The van der Waals surface area contributed by atoms with Gasteiger partial charge in [0.1, 0.15) is 25.3 Å². The first-order valence-corrected chi connectivity index (χ1v) is 15.1. The first-order chi connectivity index (χ1) is 20.7. The van der Waals surface area contributed by atoms with Crippen LogP contribution in [0.5, 0.6) is 5.75 Å². The molecule has 2 amide bonds. The second-order valence-electron chi connectivity index (χ2n) is 11.4. The molecule has 0 aliphatic carbocycles. The fourth-order valence-electron chi connectivity index (χ4n) is 4.51. The first-order valence-electron chi connectivity index (χ1n) is 15.1. The Morgan fingerprint density at radius 3 is 2.25 bits per heavy atom. The summed E-state index contributed by atoms with van der Waals surface area (Å²) in [5.41, 5.74) is 6.72. The van der Waals surface area contributed by atoms with Crippen LogP contribution in [0.25, 0.3) is 0 Å². The van der Waals surface area contributed by atoms with Crippen LogP contribution in [0.4, 0.5) is 13.2 Å². The molecular formula is C31H50F3N3O7. The highest BCUT2D eigenvalue weighted by Gasteiger charge is 2.44. The van der Waals surface area contributed by atoms with E-state index in [0.717, 1.165) is 12.8 Å². The number of methoxy groups -OCH3 is 1. The molecule has 4 atom stereocenters. The monoisotopic (exact) mass is 633 g/mol. The molecule has 0 heterocycles. The Hall–Kier alpha value is -2.90. The molecule has 0 aliphatic rings. The number of esters is 1. The maximum atomic E-state index is 13.2. The highest BCUT2D eigenvalue weighted by molar-refractivity contribution is 5.96. The molecule has 13 heteroatoms. The van der Waals surface area contributed by atoms with Crippen molar-refractivity contribution in [3.63, 3.8) is 0 Å². The van der Waals surface area contributed by atoms with E-state index in [1.165, 1.54) is 7.11 Å². The zero-order chi connectivity index (χ0) is 33.3. The smallest absolute Gasteiger partial charge is 0.490 e. The predicted octanol–water partition coefficient (Wildman–Crippen LogP) is 4.46. The SMILES string of the molecule is CCCCNC(=O)[C@@H](C[C@H](OC(=O)C(F)(F)F)[C@@H](N)C[C@H](CNC(=O)c1ccccc1OCCOCOC)C(C)C)C(C)C. The van der Waals surface area contributed by atoms with Crippen LogP contribution >= 0.6 is 0 Å². The number of carbonyl (C=O) groups is 3. The molecule has 0 fully saturated rings. The number of hydrogen-bond donors (Lipinski definition) is 3. The van der Waals surface area contributed by atoms with E-state index < -0.39 is 36.1 Å². The molecular weight excluding hydrogens is 583 g/mol. The fraction of sp³-hybridized carbons (Fsp3) is 0.710. The second kappa shape index (κ2) is 20.2. The largest absolute Gasteiger partial charge is 0.490 e. The van der Waals surface area contributed by atoms with E-state index in [-0.39, 0.29) is 63.1 Å². The van der Waals surface area contributed by atoms with E-state index in [1.807, 2.05) is 20.8 Å². The van der Waals surface area contributed by atoms with Gasteiger partial charge in [0.15, 0.2) is 0 Å². The first kappa shape index (κ1) is 39.1. The van der Waals surface area contributed by atoms with Crippen molar-refractivity contribution >= 4 is 17.8 Å². The molecule has 1 rings (SSSR count). The summed E-state index contributed by atoms with van der Waals surface area (Å²) >= 11 is 0. The van der Waals surface area contributed by atoms with Crippen LogP contribution in [-0.4, -0.2) is 76.3 Å². The van der Waals surface area contributed by atoms with Crippen molar-refractivity contribution in [2.45, 2.75) is 78.6 Å². The standard InChI is InChI=1S/C31H50F3N3O7/c1-7-8-13-36-29(39)24(21(4)5)17-27(44-30(40)31(32,33)34)25(35)16-22(20(2)3)18-37-28(38)23-11-9-10-12-26(23)43-15-14-42-19-41-6/h9-12,20-22,24-25,27H,7-8,13-19,35H2,1-6H3,(H,36,39)(H,37,38)/t22-,24+,25+,27+/m1/s1. The van der Waals surface area contributed by atoms with Crippen molar-refractivity contribution in [2.75, 3.05) is 40.2 Å². The Kier molecular flexibility index (Phi) is 18.0. The molecule has 0 saturated carbocycles. The zero-order valence-electron chi connectivity index (χ0n) is 26.7. The van der Waals surface area contributed by atoms with Gasteiger partial charge in [-0.2, -0.15) is 13.2 Å². The number of unbranched alkanes of at least 4 members (excludes halogenated alkanes) is 1. The molecule has 0 saturated heterocycles. The van der Waals surface area contributed by atoms with E-state index in [1.54, 1.807) is 38.1 Å². The third kappa shape index (κ3) is 14.3. The lowest BCUT2D eigenvalue weighted by molar-refractivity contribution is -0.207. The molecule has 0 spiro atoms. The number of para-hydroxylation sites is 1. The van der Waals surface area contributed by atoms with Gasteiger partial charge in [-0.3, -0.25) is 9.59 Å². The van der Waals surface area contributed by atoms with Crippen LogP contribution in [0.3, 0.4) is 0 Å². The number of ether oxygens (including phenoxy) is 4. The summed E-state index contributed by atoms with van der Waals surface area (Å²) in [7, 11) is 1.50. The van der Waals surface area contributed by atoms with Crippen molar-refractivity contribution in [1.82, 2.24) is 10.6 Å². The van der Waals surface area contributed by atoms with Crippen LogP contribution in [0.2, 0.25) is 0 Å². The van der Waals surface area contributed by atoms with Crippen LogP contribution < -0.4 is 21.1 Å². The van der Waals surface area contributed by atoms with Gasteiger partial charge in [0.25, 0.3) is 5.91 Å². The van der Waals surface area contributed by atoms with Gasteiger partial charge in [0.05, 0.1) is 12.2 Å². The summed E-state index contributed by atoms with van der Waals surface area (Å²) in [6, 6.07) is 5.67. The molecule has 0 radical (unpaired) electrons. The predicted molar refractivity (Wildman–Crippen MR) is 160 cm³/mol. The van der Waals surface area contributed by atoms with E-state index in [4.69, 9.17) is 24.7 Å². The molecule has 1 aromatic carbocycles. The van der Waals surface area contributed by atoms with Gasteiger partial charge in [0.2, 0.25) is 5.91 Å². The summed E-state index contributed by atoms with van der Waals surface area (Å²) in [4.78, 5) is 37.9. The molecule has 10 nitrogen and oxygen atoms in total. The normalized spacial score (nSPS) is 14.5. The number of hydrogen-bond acceptors (Lipinski definition) is 8. The number of nitrogens with one attached hydrogen (secondary N) is 2. The molecule has 0 aliphatic heterocycles. The molecule has 0 bridgehead atoms. The lowest BCUT2D eigenvalue weighted by Gasteiger charge is -2.32. The molecule has 44 heavy (non-hydrogen) atoms. The Labute approximate surface area is 258 Å². The van der Waals surface area contributed by atoms with Crippen molar-refractivity contribution in [2.24, 2.45) is 29.4 Å². The summed E-state index contributed by atoms with van der Waals surface area (Å²) in [6.45, 7) is 10.5. The summed E-state index contributed by atoms with van der Waals surface area (Å²) in [5.74, 6) is -4.02. The minimum absolute atomic E-state index is 0.0389. The molecule has 0 aromatic heterocycles. The number of carbonyl (C=O) groups excluding carboxylic acids is 3. The Morgan fingerprint density at radius 1 is 0.977 bits per heavy atom. The van der Waals surface area contributed by atoms with E-state index in [2.05, 4.69) is 10.6 Å². The number of benzene rings is 1. The van der Waals surface area contributed by atoms with Gasteiger partial charge in [-0.25, -0.2) is 4.79 Å². The highest BCUT2D eigenvalue weighted by atomic mass is 19.4. The average molecular weight is 634 g/mol. The van der Waals surface area contributed by atoms with Crippen molar-refractivity contribution in [3.05, 3.63) is 29.8 Å². The van der Waals surface area contributed by atoms with Crippen molar-refractivity contribution < 1.29 is 46.5 Å². The maximum absolute atomic E-state index is 13.2. The van der Waals surface area contributed by atoms with Gasteiger partial charge in [0, 0.05) is 32.2 Å². The fourth-order valence-corrected chi connectivity index (χ4v) is 4.51. The van der Waals surface area contributed by atoms with Crippen LogP contribution in [-0.2, 0) is 23.8 Å². The third-order valence-electron chi connectivity index (χ3n) is 7.29. The number of alkyl halides is 3. The van der Waals surface area contributed by atoms with E-state index >= 15 is 0 Å². The van der Waals surface area contributed by atoms with Crippen LogP contribution in [0.1, 0.15) is 70.7 Å². The quantitative estimate of drug-likeness (QED) is 0.103. The summed E-state index contributed by atoms with van der Waals surface area (Å²) < 4.78 is 60.2. The van der Waals surface area contributed by atoms with Gasteiger partial charge in [-0.1, -0.05) is 53.2 Å². The van der Waals surface area contributed by atoms with Crippen molar-refractivity contribution in [1.29, 1.82) is 0 Å². The lowest BCUT2D eigenvalue weighted by Crippen LogP contribution is -2.47. The number of nitrogens with two attached hydrogens (primary N) is 1. The number of rotatable bonds is 21. The van der Waals surface area contributed by atoms with Crippen LogP contribution in [0, 0.1) is 23.7 Å². The minimum atomic E-state index is -5.22. The van der Waals surface area contributed by atoms with Gasteiger partial charge in [-0.05, 0) is 49.1 Å². The topological polar surface area (TPSA) is 138 Å². The Bertz CT molecular complexity index is 1010. The number of amides is 2. The maximum Gasteiger partial charge on any atom is 0.490 e. The van der Waals surface area contributed by atoms with Gasteiger partial charge in [-0.15, -0.1) is 0 Å². The second-order valence-corrected chi connectivity index (χ2v) is 11.4. The van der Waals surface area contributed by atoms with E-state index in [9.17, 15) is 27.6 Å². The van der Waals surface area contributed by atoms with Crippen LogP contribution in [0.15, 0.2) is 24.3 Å². The van der Waals surface area contributed by atoms with E-state index in [0.29, 0.717) is 17.9 Å². The van der Waals surface area contributed by atoms with Gasteiger partial charge < -0.3 is 35.3 Å². The Morgan fingerprint density at radius 2 is 1.66 bits per heavy atom. The lowest BCUT2D eigenvalue weighted by atomic mass is 9.83. The average Bonchev–Trinajstić information content (AvgIpc) is 2.96. The summed E-state index contributed by atoms with van der Waals surface area (Å²) in [5, 5.41) is 5.68. The molecule has 4 N–H and O–H groups in total. The minimum Gasteiger partial charge on any atom is -0.490 e.